The molecule has 0 radical (unpaired) electrons. The van der Waals surface area contributed by atoms with E-state index < -0.39 is 0 Å². The van der Waals surface area contributed by atoms with Gasteiger partial charge in [-0.1, -0.05) is 35.3 Å². The number of ether oxygens (including phenoxy) is 1. The first-order chi connectivity index (χ1) is 16.5. The van der Waals surface area contributed by atoms with Gasteiger partial charge in [0.25, 0.3) is 0 Å². The third-order valence-electron chi connectivity index (χ3n) is 6.17. The molecule has 34 heavy (non-hydrogen) atoms. The zero-order chi connectivity index (χ0) is 23.7. The quantitative estimate of drug-likeness (QED) is 0.350. The molecule has 0 atom stereocenters. The van der Waals surface area contributed by atoms with E-state index in [9.17, 15) is 0 Å². The van der Waals surface area contributed by atoms with E-state index in [0.29, 0.717) is 45.6 Å². The predicted molar refractivity (Wildman–Crippen MR) is 137 cm³/mol. The highest BCUT2D eigenvalue weighted by Crippen LogP contribution is 2.37. The first-order valence-electron chi connectivity index (χ1n) is 11.4. The minimum absolute atomic E-state index is 0.430. The Kier molecular flexibility index (Phi) is 6.59. The van der Waals surface area contributed by atoms with Crippen molar-refractivity contribution in [2.75, 3.05) is 32.1 Å². The monoisotopic (exact) mass is 496 g/mol. The van der Waals surface area contributed by atoms with Crippen molar-refractivity contribution >= 4 is 40.5 Å². The minimum Gasteiger partial charge on any atom is -0.494 e. The van der Waals surface area contributed by atoms with E-state index in [2.05, 4.69) is 39.5 Å². The van der Waals surface area contributed by atoms with Crippen LogP contribution >= 0.6 is 23.2 Å². The molecule has 1 aliphatic heterocycles. The standard InChI is InChI=1S/C25H26Cl2N6O/c1-3-34-21-15-17(7-8-18(21)16-10-13-32(2)14-11-16)29-25-31-24(30-22-9-12-28-33(22)25)23-19(26)5-4-6-20(23)27/h4-9,12,15-16H,3,10-11,13-14H2,1-2H3,(H,29,30,31). The summed E-state index contributed by atoms with van der Waals surface area (Å²) in [5.41, 5.74) is 3.34. The van der Waals surface area contributed by atoms with Crippen LogP contribution in [0.5, 0.6) is 5.75 Å². The molecular formula is C25H26Cl2N6O. The lowest BCUT2D eigenvalue weighted by atomic mass is 9.89. The number of benzene rings is 2. The number of fused-ring (bicyclic) bond motifs is 1. The Morgan fingerprint density at radius 1 is 1.06 bits per heavy atom. The molecule has 0 spiro atoms. The second-order valence-electron chi connectivity index (χ2n) is 8.46. The minimum atomic E-state index is 0.430. The molecule has 3 heterocycles. The summed E-state index contributed by atoms with van der Waals surface area (Å²) >= 11 is 12.9. The van der Waals surface area contributed by atoms with Crippen molar-refractivity contribution in [1.82, 2.24) is 24.5 Å². The van der Waals surface area contributed by atoms with Gasteiger partial charge in [0, 0.05) is 17.8 Å². The van der Waals surface area contributed by atoms with Gasteiger partial charge >= 0.3 is 0 Å². The second kappa shape index (κ2) is 9.78. The lowest BCUT2D eigenvalue weighted by Gasteiger charge is -2.30. The first kappa shape index (κ1) is 22.9. The normalized spacial score (nSPS) is 15.1. The van der Waals surface area contributed by atoms with E-state index in [-0.39, 0.29) is 0 Å². The molecular weight excluding hydrogens is 471 g/mol. The van der Waals surface area contributed by atoms with Crippen LogP contribution in [0.25, 0.3) is 17.0 Å². The van der Waals surface area contributed by atoms with E-state index in [1.165, 1.54) is 5.56 Å². The molecule has 176 valence electrons. The lowest BCUT2D eigenvalue weighted by Crippen LogP contribution is -2.29. The number of rotatable bonds is 6. The molecule has 0 saturated carbocycles. The van der Waals surface area contributed by atoms with Crippen LogP contribution in [0.3, 0.4) is 0 Å². The largest absolute Gasteiger partial charge is 0.494 e. The van der Waals surface area contributed by atoms with Crippen LogP contribution in [0.4, 0.5) is 11.6 Å². The number of nitrogens with one attached hydrogen (secondary N) is 1. The number of hydrogen-bond donors (Lipinski definition) is 1. The van der Waals surface area contributed by atoms with Crippen LogP contribution < -0.4 is 10.1 Å². The fraction of sp³-hybridized carbons (Fsp3) is 0.320. The van der Waals surface area contributed by atoms with Gasteiger partial charge in [-0.3, -0.25) is 0 Å². The molecule has 2 aromatic carbocycles. The average molecular weight is 497 g/mol. The molecule has 0 aliphatic carbocycles. The SMILES string of the molecule is CCOc1cc(Nc2nc(-c3c(Cl)cccc3Cl)nc3ccnn23)ccc1C1CCN(C)CC1. The number of nitrogens with zero attached hydrogens (tertiary/aromatic N) is 5. The Labute approximate surface area is 208 Å². The molecule has 1 fully saturated rings. The van der Waals surface area contributed by atoms with Gasteiger partial charge in [0.05, 0.1) is 28.4 Å². The molecule has 0 bridgehead atoms. The summed E-state index contributed by atoms with van der Waals surface area (Å²) in [6.45, 7) is 4.81. The molecule has 0 amide bonds. The molecule has 7 nitrogen and oxygen atoms in total. The van der Waals surface area contributed by atoms with E-state index in [0.717, 1.165) is 37.4 Å². The highest BCUT2D eigenvalue weighted by molar-refractivity contribution is 6.39. The number of aromatic nitrogens is 4. The van der Waals surface area contributed by atoms with Crippen molar-refractivity contribution in [3.63, 3.8) is 0 Å². The van der Waals surface area contributed by atoms with Crippen LogP contribution in [-0.2, 0) is 0 Å². The third-order valence-corrected chi connectivity index (χ3v) is 6.80. The van der Waals surface area contributed by atoms with Gasteiger partial charge in [0.1, 0.15) is 5.75 Å². The fourth-order valence-electron chi connectivity index (χ4n) is 4.41. The van der Waals surface area contributed by atoms with Gasteiger partial charge in [0.2, 0.25) is 5.95 Å². The molecule has 1 aliphatic rings. The number of piperidine rings is 1. The molecule has 4 aromatic rings. The average Bonchev–Trinajstić information content (AvgIpc) is 3.29. The topological polar surface area (TPSA) is 67.6 Å². The summed E-state index contributed by atoms with van der Waals surface area (Å²) in [6.07, 6.45) is 3.94. The van der Waals surface area contributed by atoms with Crippen LogP contribution in [0.1, 0.15) is 31.2 Å². The number of anilines is 2. The summed E-state index contributed by atoms with van der Waals surface area (Å²) in [7, 11) is 2.18. The molecule has 1 saturated heterocycles. The molecule has 1 N–H and O–H groups in total. The van der Waals surface area contributed by atoms with Gasteiger partial charge in [-0.05, 0) is 69.6 Å². The highest BCUT2D eigenvalue weighted by atomic mass is 35.5. The van der Waals surface area contributed by atoms with Crippen molar-refractivity contribution in [2.24, 2.45) is 0 Å². The van der Waals surface area contributed by atoms with Crippen LogP contribution in [0.15, 0.2) is 48.7 Å². The predicted octanol–water partition coefficient (Wildman–Crippen LogP) is 6.05. The number of likely N-dealkylation sites (tertiary alicyclic amines) is 1. The first-order valence-corrected chi connectivity index (χ1v) is 12.2. The Morgan fingerprint density at radius 2 is 1.82 bits per heavy atom. The molecule has 0 unspecified atom stereocenters. The van der Waals surface area contributed by atoms with Gasteiger partial charge in [0.15, 0.2) is 11.5 Å². The maximum absolute atomic E-state index is 6.43. The summed E-state index contributed by atoms with van der Waals surface area (Å²) in [5.74, 6) is 2.34. The Bertz CT molecular complexity index is 1300. The van der Waals surface area contributed by atoms with Gasteiger partial charge in [-0.15, -0.1) is 0 Å². The van der Waals surface area contributed by atoms with E-state index >= 15 is 0 Å². The van der Waals surface area contributed by atoms with Crippen LogP contribution in [0, 0.1) is 0 Å². The second-order valence-corrected chi connectivity index (χ2v) is 9.27. The Balaban J connectivity index is 1.51. The zero-order valence-corrected chi connectivity index (χ0v) is 20.6. The summed E-state index contributed by atoms with van der Waals surface area (Å²) < 4.78 is 7.70. The summed E-state index contributed by atoms with van der Waals surface area (Å²) in [5, 5.41) is 8.75. The molecule has 5 rings (SSSR count). The smallest absolute Gasteiger partial charge is 0.232 e. The third kappa shape index (κ3) is 4.56. The maximum atomic E-state index is 6.43. The van der Waals surface area contributed by atoms with Crippen molar-refractivity contribution in [2.45, 2.75) is 25.7 Å². The molecule has 2 aromatic heterocycles. The van der Waals surface area contributed by atoms with Crippen molar-refractivity contribution in [3.8, 4) is 17.1 Å². The summed E-state index contributed by atoms with van der Waals surface area (Å²) in [4.78, 5) is 11.7. The van der Waals surface area contributed by atoms with Crippen molar-refractivity contribution in [1.29, 1.82) is 0 Å². The van der Waals surface area contributed by atoms with E-state index in [4.69, 9.17) is 32.9 Å². The van der Waals surface area contributed by atoms with Crippen LogP contribution in [-0.4, -0.2) is 51.2 Å². The number of hydrogen-bond acceptors (Lipinski definition) is 6. The summed E-state index contributed by atoms with van der Waals surface area (Å²) in [6, 6.07) is 13.4. The van der Waals surface area contributed by atoms with Crippen LogP contribution in [0.2, 0.25) is 10.0 Å². The Morgan fingerprint density at radius 3 is 2.56 bits per heavy atom. The van der Waals surface area contributed by atoms with Crippen molar-refractivity contribution in [3.05, 3.63) is 64.3 Å². The van der Waals surface area contributed by atoms with Gasteiger partial charge in [-0.25, -0.2) is 4.98 Å². The van der Waals surface area contributed by atoms with Gasteiger partial charge < -0.3 is 15.0 Å². The fourth-order valence-corrected chi connectivity index (χ4v) is 4.97. The van der Waals surface area contributed by atoms with Crippen molar-refractivity contribution < 1.29 is 4.74 Å². The Hall–Kier alpha value is -2.87. The zero-order valence-electron chi connectivity index (χ0n) is 19.1. The van der Waals surface area contributed by atoms with Gasteiger partial charge in [-0.2, -0.15) is 14.6 Å². The molecule has 9 heteroatoms. The van der Waals surface area contributed by atoms with E-state index in [1.807, 2.05) is 19.1 Å². The van der Waals surface area contributed by atoms with E-state index in [1.54, 1.807) is 28.9 Å². The highest BCUT2D eigenvalue weighted by Gasteiger charge is 2.22. The maximum Gasteiger partial charge on any atom is 0.232 e. The lowest BCUT2D eigenvalue weighted by molar-refractivity contribution is 0.250. The number of halogens is 2.